The summed E-state index contributed by atoms with van der Waals surface area (Å²) in [5.41, 5.74) is 2.32. The highest BCUT2D eigenvalue weighted by molar-refractivity contribution is 7.19. The van der Waals surface area contributed by atoms with Gasteiger partial charge in [0.2, 0.25) is 0 Å². The number of rotatable bonds is 4. The second-order valence-corrected chi connectivity index (χ2v) is 7.04. The predicted molar refractivity (Wildman–Crippen MR) is 92.7 cm³/mol. The number of anilines is 1. The Bertz CT molecular complexity index is 686. The van der Waals surface area contributed by atoms with E-state index < -0.39 is 0 Å². The first-order valence-electron chi connectivity index (χ1n) is 7.86. The van der Waals surface area contributed by atoms with Crippen LogP contribution in [0, 0.1) is 12.8 Å². The Morgan fingerprint density at radius 1 is 1.39 bits per heavy atom. The average Bonchev–Trinajstić information content (AvgIpc) is 3.15. The summed E-state index contributed by atoms with van der Waals surface area (Å²) in [7, 11) is 0. The molecule has 3 rings (SSSR count). The molecule has 0 radical (unpaired) electrons. The number of hydrogen-bond acceptors (Lipinski definition) is 4. The molecule has 2 aromatic rings. The van der Waals surface area contributed by atoms with E-state index in [1.54, 1.807) is 6.20 Å². The number of nitrogens with one attached hydrogen (secondary N) is 2. The highest BCUT2D eigenvalue weighted by atomic mass is 32.1. The zero-order chi connectivity index (χ0) is 16.2. The highest BCUT2D eigenvalue weighted by Gasteiger charge is 2.23. The van der Waals surface area contributed by atoms with Gasteiger partial charge in [-0.2, -0.15) is 0 Å². The molecule has 3 N–H and O–H groups in total. The second kappa shape index (κ2) is 7.10. The van der Waals surface area contributed by atoms with Crippen molar-refractivity contribution in [1.82, 2.24) is 10.3 Å². The number of carbonyl (C=O) groups excluding carboxylic acids is 1. The first-order chi connectivity index (χ1) is 11.1. The summed E-state index contributed by atoms with van der Waals surface area (Å²) in [6.45, 7) is 2.66. The molecule has 6 heteroatoms. The van der Waals surface area contributed by atoms with Gasteiger partial charge in [-0.05, 0) is 43.2 Å². The van der Waals surface area contributed by atoms with Crippen LogP contribution in [-0.4, -0.2) is 28.8 Å². The second-order valence-electron chi connectivity index (χ2n) is 6.01. The van der Waals surface area contributed by atoms with E-state index in [2.05, 4.69) is 34.7 Å². The van der Waals surface area contributed by atoms with Gasteiger partial charge in [0, 0.05) is 12.7 Å². The van der Waals surface area contributed by atoms with E-state index in [0.717, 1.165) is 29.7 Å². The lowest BCUT2D eigenvalue weighted by Gasteiger charge is -2.10. The third kappa shape index (κ3) is 4.09. The zero-order valence-electron chi connectivity index (χ0n) is 13.1. The van der Waals surface area contributed by atoms with Crippen molar-refractivity contribution < 1.29 is 9.90 Å². The molecule has 0 unspecified atom stereocenters. The van der Waals surface area contributed by atoms with Crippen molar-refractivity contribution in [3.63, 3.8) is 0 Å². The van der Waals surface area contributed by atoms with Crippen LogP contribution in [0.25, 0.3) is 10.4 Å². The van der Waals surface area contributed by atoms with Gasteiger partial charge in [0.1, 0.15) is 0 Å². The van der Waals surface area contributed by atoms with E-state index >= 15 is 0 Å². The monoisotopic (exact) mass is 331 g/mol. The van der Waals surface area contributed by atoms with E-state index in [1.807, 2.05) is 12.1 Å². The summed E-state index contributed by atoms with van der Waals surface area (Å²) in [5, 5.41) is 15.7. The Hall–Kier alpha value is -1.92. The number of amides is 2. The summed E-state index contributed by atoms with van der Waals surface area (Å²) in [4.78, 5) is 17.3. The molecule has 1 aromatic heterocycles. The molecule has 1 aliphatic rings. The first kappa shape index (κ1) is 16.0. The highest BCUT2D eigenvalue weighted by Crippen LogP contribution is 2.31. The van der Waals surface area contributed by atoms with Gasteiger partial charge >= 0.3 is 6.03 Å². The van der Waals surface area contributed by atoms with Gasteiger partial charge in [-0.1, -0.05) is 35.6 Å². The van der Waals surface area contributed by atoms with Crippen molar-refractivity contribution in [2.24, 2.45) is 5.92 Å². The number of aliphatic hydroxyl groups is 1. The molecule has 1 fully saturated rings. The first-order valence-corrected chi connectivity index (χ1v) is 8.68. The van der Waals surface area contributed by atoms with E-state index in [1.165, 1.54) is 16.9 Å². The molecule has 0 saturated heterocycles. The Kier molecular flexibility index (Phi) is 4.93. The van der Waals surface area contributed by atoms with Crippen molar-refractivity contribution in [1.29, 1.82) is 0 Å². The van der Waals surface area contributed by atoms with Gasteiger partial charge in [0.15, 0.2) is 5.13 Å². The summed E-state index contributed by atoms with van der Waals surface area (Å²) in [5.74, 6) is 0.370. The quantitative estimate of drug-likeness (QED) is 0.804. The van der Waals surface area contributed by atoms with Gasteiger partial charge in [-0.3, -0.25) is 5.32 Å². The fraction of sp³-hybridized carbons (Fsp3) is 0.412. The number of nitrogens with zero attached hydrogens (tertiary/aromatic N) is 1. The van der Waals surface area contributed by atoms with Crippen LogP contribution < -0.4 is 10.6 Å². The number of aryl methyl sites for hydroxylation is 1. The van der Waals surface area contributed by atoms with Crippen molar-refractivity contribution in [2.45, 2.75) is 32.3 Å². The standard InChI is InChI=1S/C17H21N3O2S/c1-11-4-2-3-5-14(11)15-10-19-17(23-15)20-16(22)18-9-12-6-7-13(21)8-12/h2-5,10,12-13,21H,6-9H2,1H3,(H2,18,19,20,22)/t12-,13-/m1/s1. The topological polar surface area (TPSA) is 74.2 Å². The summed E-state index contributed by atoms with van der Waals surface area (Å²) >= 11 is 1.46. The smallest absolute Gasteiger partial charge is 0.321 e. The maximum absolute atomic E-state index is 11.9. The van der Waals surface area contributed by atoms with Crippen LogP contribution in [-0.2, 0) is 0 Å². The molecule has 0 aliphatic heterocycles. The normalized spacial score (nSPS) is 20.4. The summed E-state index contributed by atoms with van der Waals surface area (Å²) < 4.78 is 0. The summed E-state index contributed by atoms with van der Waals surface area (Å²) in [6, 6.07) is 7.88. The average molecular weight is 331 g/mol. The van der Waals surface area contributed by atoms with Crippen LogP contribution in [0.1, 0.15) is 24.8 Å². The molecule has 5 nitrogen and oxygen atoms in total. The Morgan fingerprint density at radius 3 is 2.96 bits per heavy atom. The van der Waals surface area contributed by atoms with E-state index in [4.69, 9.17) is 0 Å². The third-order valence-corrected chi connectivity index (χ3v) is 5.15. The molecule has 1 aromatic carbocycles. The maximum atomic E-state index is 11.9. The predicted octanol–water partition coefficient (Wildman–Crippen LogP) is 3.40. The maximum Gasteiger partial charge on any atom is 0.321 e. The van der Waals surface area contributed by atoms with Crippen molar-refractivity contribution in [3.05, 3.63) is 36.0 Å². The molecule has 1 aliphatic carbocycles. The Labute approximate surface area is 139 Å². The fourth-order valence-corrected chi connectivity index (χ4v) is 3.82. The van der Waals surface area contributed by atoms with Gasteiger partial charge in [0.25, 0.3) is 0 Å². The summed E-state index contributed by atoms with van der Waals surface area (Å²) in [6.07, 6.45) is 4.15. The molecular formula is C17H21N3O2S. The van der Waals surface area contributed by atoms with Gasteiger partial charge in [-0.25, -0.2) is 9.78 Å². The van der Waals surface area contributed by atoms with E-state index in [0.29, 0.717) is 17.6 Å². The minimum Gasteiger partial charge on any atom is -0.393 e. The van der Waals surface area contributed by atoms with Gasteiger partial charge in [0.05, 0.1) is 11.0 Å². The van der Waals surface area contributed by atoms with Crippen molar-refractivity contribution >= 4 is 22.5 Å². The number of aliphatic hydroxyl groups excluding tert-OH is 1. The van der Waals surface area contributed by atoms with Crippen molar-refractivity contribution in [3.8, 4) is 10.4 Å². The number of urea groups is 1. The molecule has 1 saturated carbocycles. The van der Waals surface area contributed by atoms with Crippen molar-refractivity contribution in [2.75, 3.05) is 11.9 Å². The molecule has 0 bridgehead atoms. The lowest BCUT2D eigenvalue weighted by Crippen LogP contribution is -2.32. The van der Waals surface area contributed by atoms with Crippen LogP contribution in [0.5, 0.6) is 0 Å². The van der Waals surface area contributed by atoms with Crippen LogP contribution in [0.15, 0.2) is 30.5 Å². The van der Waals surface area contributed by atoms with Crippen LogP contribution in [0.4, 0.5) is 9.93 Å². The molecule has 2 amide bonds. The van der Waals surface area contributed by atoms with E-state index in [9.17, 15) is 9.90 Å². The molecule has 2 atom stereocenters. The third-order valence-electron chi connectivity index (χ3n) is 4.20. The lowest BCUT2D eigenvalue weighted by atomic mass is 10.1. The van der Waals surface area contributed by atoms with Crippen LogP contribution in [0.2, 0.25) is 0 Å². The number of hydrogen-bond donors (Lipinski definition) is 3. The number of thiazole rings is 1. The molecule has 1 heterocycles. The fourth-order valence-electron chi connectivity index (χ4n) is 2.92. The zero-order valence-corrected chi connectivity index (χ0v) is 13.9. The van der Waals surface area contributed by atoms with E-state index in [-0.39, 0.29) is 12.1 Å². The Morgan fingerprint density at radius 2 is 2.22 bits per heavy atom. The SMILES string of the molecule is Cc1ccccc1-c1cnc(NC(=O)NC[C@@H]2CC[C@@H](O)C2)s1. The Balaban J connectivity index is 1.54. The minimum absolute atomic E-state index is 0.208. The number of benzene rings is 1. The number of carbonyl (C=O) groups is 1. The van der Waals surface area contributed by atoms with Gasteiger partial charge in [-0.15, -0.1) is 0 Å². The minimum atomic E-state index is -0.239. The molecular weight excluding hydrogens is 310 g/mol. The largest absolute Gasteiger partial charge is 0.393 e. The van der Waals surface area contributed by atoms with Gasteiger partial charge < -0.3 is 10.4 Å². The van der Waals surface area contributed by atoms with Crippen LogP contribution in [0.3, 0.4) is 0 Å². The lowest BCUT2D eigenvalue weighted by molar-refractivity contribution is 0.177. The van der Waals surface area contributed by atoms with Crippen LogP contribution >= 0.6 is 11.3 Å². The molecule has 23 heavy (non-hydrogen) atoms. The number of aromatic nitrogens is 1. The molecule has 122 valence electrons. The molecule has 0 spiro atoms.